The van der Waals surface area contributed by atoms with Crippen molar-refractivity contribution in [2.75, 3.05) is 18.5 Å². The molecule has 1 aromatic heterocycles. The fourth-order valence-electron chi connectivity index (χ4n) is 1.21. The summed E-state index contributed by atoms with van der Waals surface area (Å²) in [5.41, 5.74) is -0.0268. The summed E-state index contributed by atoms with van der Waals surface area (Å²) < 4.78 is 0. The molecule has 1 rings (SSSR count). The molecule has 5 heteroatoms. The second kappa shape index (κ2) is 5.44. The molecule has 0 aromatic carbocycles. The van der Waals surface area contributed by atoms with Crippen LogP contribution in [0, 0.1) is 5.92 Å². The van der Waals surface area contributed by atoms with Crippen molar-refractivity contribution in [1.82, 2.24) is 10.2 Å². The van der Waals surface area contributed by atoms with Crippen LogP contribution < -0.4 is 4.90 Å². The Bertz CT molecular complexity index is 349. The van der Waals surface area contributed by atoms with Gasteiger partial charge < -0.3 is 10.0 Å². The van der Waals surface area contributed by atoms with Crippen molar-refractivity contribution in [3.05, 3.63) is 17.8 Å². The van der Waals surface area contributed by atoms with Gasteiger partial charge in [-0.3, -0.25) is 0 Å². The molecule has 0 aliphatic carbocycles. The first-order valence-corrected chi connectivity index (χ1v) is 5.29. The van der Waals surface area contributed by atoms with Gasteiger partial charge in [0.05, 0.1) is 0 Å². The first-order valence-electron chi connectivity index (χ1n) is 5.29. The molecule has 1 heterocycles. The van der Waals surface area contributed by atoms with Crippen molar-refractivity contribution in [3.63, 3.8) is 0 Å². The van der Waals surface area contributed by atoms with Crippen LogP contribution >= 0.6 is 0 Å². The summed E-state index contributed by atoms with van der Waals surface area (Å²) in [6, 6.07) is 3.15. The van der Waals surface area contributed by atoms with Gasteiger partial charge in [-0.1, -0.05) is 13.8 Å². The monoisotopic (exact) mass is 223 g/mol. The van der Waals surface area contributed by atoms with E-state index >= 15 is 0 Å². The Morgan fingerprint density at radius 3 is 2.56 bits per heavy atom. The summed E-state index contributed by atoms with van der Waals surface area (Å²) in [6.45, 7) is 5.21. The molecular weight excluding hydrogens is 206 g/mol. The van der Waals surface area contributed by atoms with Gasteiger partial charge in [0.25, 0.3) is 0 Å². The standard InChI is InChI=1S/C11H17N3O2/c1-8(2)6-7-14(3)10-5-4-9(11(15)16)12-13-10/h4-5,8H,6-7H2,1-3H3,(H,15,16). The summed E-state index contributed by atoms with van der Waals surface area (Å²) in [4.78, 5) is 12.6. The van der Waals surface area contributed by atoms with Crippen molar-refractivity contribution >= 4 is 11.8 Å². The van der Waals surface area contributed by atoms with E-state index in [1.165, 1.54) is 6.07 Å². The Hall–Kier alpha value is -1.65. The van der Waals surface area contributed by atoms with E-state index in [1.807, 2.05) is 11.9 Å². The van der Waals surface area contributed by atoms with Gasteiger partial charge in [0.15, 0.2) is 11.5 Å². The lowest BCUT2D eigenvalue weighted by Gasteiger charge is -2.18. The third-order valence-corrected chi connectivity index (χ3v) is 2.30. The van der Waals surface area contributed by atoms with Gasteiger partial charge in [-0.2, -0.15) is 0 Å². The minimum atomic E-state index is -1.05. The van der Waals surface area contributed by atoms with E-state index in [9.17, 15) is 4.79 Å². The lowest BCUT2D eigenvalue weighted by atomic mass is 10.1. The molecule has 0 saturated heterocycles. The molecule has 16 heavy (non-hydrogen) atoms. The van der Waals surface area contributed by atoms with Crippen LogP contribution in [0.5, 0.6) is 0 Å². The Kier molecular flexibility index (Phi) is 4.22. The summed E-state index contributed by atoms with van der Waals surface area (Å²) in [5, 5.41) is 16.2. The van der Waals surface area contributed by atoms with E-state index in [0.29, 0.717) is 11.7 Å². The molecule has 0 aliphatic heterocycles. The summed E-state index contributed by atoms with van der Waals surface area (Å²) in [7, 11) is 1.92. The lowest BCUT2D eigenvalue weighted by Crippen LogP contribution is -2.21. The normalized spacial score (nSPS) is 10.5. The minimum absolute atomic E-state index is 0.0268. The van der Waals surface area contributed by atoms with E-state index in [0.717, 1.165) is 13.0 Å². The zero-order valence-corrected chi connectivity index (χ0v) is 9.84. The topological polar surface area (TPSA) is 66.3 Å². The number of anilines is 1. The summed E-state index contributed by atoms with van der Waals surface area (Å²) >= 11 is 0. The van der Waals surface area contributed by atoms with Gasteiger partial charge in [-0.05, 0) is 24.5 Å². The predicted octanol–water partition coefficient (Wildman–Crippen LogP) is 1.66. The fourth-order valence-corrected chi connectivity index (χ4v) is 1.21. The van der Waals surface area contributed by atoms with Crippen LogP contribution in [0.15, 0.2) is 12.1 Å². The molecule has 0 fully saturated rings. The Labute approximate surface area is 95.1 Å². The van der Waals surface area contributed by atoms with Gasteiger partial charge in [0.2, 0.25) is 0 Å². The Morgan fingerprint density at radius 1 is 1.44 bits per heavy atom. The Balaban J connectivity index is 2.63. The summed E-state index contributed by atoms with van der Waals surface area (Å²) in [5.74, 6) is 0.281. The number of carbonyl (C=O) groups is 1. The van der Waals surface area contributed by atoms with Crippen molar-refractivity contribution < 1.29 is 9.90 Å². The zero-order chi connectivity index (χ0) is 12.1. The van der Waals surface area contributed by atoms with Gasteiger partial charge in [0, 0.05) is 13.6 Å². The van der Waals surface area contributed by atoms with Gasteiger partial charge in [0.1, 0.15) is 0 Å². The molecule has 1 N–H and O–H groups in total. The second-order valence-corrected chi connectivity index (χ2v) is 4.19. The molecule has 0 unspecified atom stereocenters. The zero-order valence-electron chi connectivity index (χ0n) is 9.84. The molecule has 0 atom stereocenters. The van der Waals surface area contributed by atoms with Crippen LogP contribution in [0.2, 0.25) is 0 Å². The highest BCUT2D eigenvalue weighted by Gasteiger charge is 2.08. The van der Waals surface area contributed by atoms with Crippen molar-refractivity contribution in [2.45, 2.75) is 20.3 Å². The van der Waals surface area contributed by atoms with Crippen LogP contribution in [0.1, 0.15) is 30.8 Å². The predicted molar refractivity (Wildman–Crippen MR) is 61.7 cm³/mol. The number of carboxylic acid groups (broad SMARTS) is 1. The van der Waals surface area contributed by atoms with E-state index in [2.05, 4.69) is 24.0 Å². The van der Waals surface area contributed by atoms with Crippen LogP contribution in [0.25, 0.3) is 0 Å². The molecule has 0 amide bonds. The van der Waals surface area contributed by atoms with E-state index < -0.39 is 5.97 Å². The Morgan fingerprint density at radius 2 is 2.12 bits per heavy atom. The molecule has 0 aliphatic rings. The second-order valence-electron chi connectivity index (χ2n) is 4.19. The minimum Gasteiger partial charge on any atom is -0.476 e. The first kappa shape index (κ1) is 12.4. The van der Waals surface area contributed by atoms with E-state index in [-0.39, 0.29) is 5.69 Å². The van der Waals surface area contributed by atoms with E-state index in [1.54, 1.807) is 6.07 Å². The third kappa shape index (κ3) is 3.49. The van der Waals surface area contributed by atoms with Gasteiger partial charge in [-0.15, -0.1) is 10.2 Å². The van der Waals surface area contributed by atoms with E-state index in [4.69, 9.17) is 5.11 Å². The lowest BCUT2D eigenvalue weighted by molar-refractivity contribution is 0.0689. The molecule has 0 bridgehead atoms. The average molecular weight is 223 g/mol. The van der Waals surface area contributed by atoms with Crippen molar-refractivity contribution in [3.8, 4) is 0 Å². The number of hydrogen-bond donors (Lipinski definition) is 1. The molecule has 5 nitrogen and oxygen atoms in total. The molecule has 0 saturated carbocycles. The van der Waals surface area contributed by atoms with Crippen LogP contribution in [0.3, 0.4) is 0 Å². The first-order chi connectivity index (χ1) is 7.50. The number of hydrogen-bond acceptors (Lipinski definition) is 4. The van der Waals surface area contributed by atoms with Crippen molar-refractivity contribution in [1.29, 1.82) is 0 Å². The number of nitrogens with zero attached hydrogens (tertiary/aromatic N) is 3. The smallest absolute Gasteiger partial charge is 0.356 e. The van der Waals surface area contributed by atoms with Crippen LogP contribution in [0.4, 0.5) is 5.82 Å². The fraction of sp³-hybridized carbons (Fsp3) is 0.545. The van der Waals surface area contributed by atoms with Crippen molar-refractivity contribution in [2.24, 2.45) is 5.92 Å². The highest BCUT2D eigenvalue weighted by Crippen LogP contribution is 2.10. The number of rotatable bonds is 5. The SMILES string of the molecule is CC(C)CCN(C)c1ccc(C(=O)O)nn1. The maximum atomic E-state index is 10.6. The number of aromatic carboxylic acids is 1. The number of aromatic nitrogens is 2. The van der Waals surface area contributed by atoms with Crippen LogP contribution in [-0.4, -0.2) is 34.9 Å². The van der Waals surface area contributed by atoms with Gasteiger partial charge >= 0.3 is 5.97 Å². The highest BCUT2D eigenvalue weighted by atomic mass is 16.4. The third-order valence-electron chi connectivity index (χ3n) is 2.30. The highest BCUT2D eigenvalue weighted by molar-refractivity contribution is 5.85. The largest absolute Gasteiger partial charge is 0.476 e. The molecular formula is C11H17N3O2. The molecule has 88 valence electrons. The number of carboxylic acids is 1. The maximum absolute atomic E-state index is 10.6. The average Bonchev–Trinajstić information content (AvgIpc) is 2.26. The van der Waals surface area contributed by atoms with Gasteiger partial charge in [-0.25, -0.2) is 4.79 Å². The molecule has 1 aromatic rings. The molecule has 0 spiro atoms. The molecule has 0 radical (unpaired) electrons. The maximum Gasteiger partial charge on any atom is 0.356 e. The van der Waals surface area contributed by atoms with Crippen LogP contribution in [-0.2, 0) is 0 Å². The summed E-state index contributed by atoms with van der Waals surface area (Å²) in [6.07, 6.45) is 1.07. The quantitative estimate of drug-likeness (QED) is 0.822.